The van der Waals surface area contributed by atoms with E-state index in [-0.39, 0.29) is 43.7 Å². The van der Waals surface area contributed by atoms with Crippen LogP contribution in [0.2, 0.25) is 0 Å². The van der Waals surface area contributed by atoms with Gasteiger partial charge in [-0.3, -0.25) is 13.9 Å². The van der Waals surface area contributed by atoms with Crippen molar-refractivity contribution in [1.29, 1.82) is 0 Å². The molecule has 0 aliphatic rings. The van der Waals surface area contributed by atoms with Crippen LogP contribution in [0.25, 0.3) is 0 Å². The standard InChI is InChI=1S/C27H38FN3O5S/c1-6-36-25-11-8-7-10-24(25)31(37(5,34)35)17-9-12-26(32)30(19-22-13-15-23(28)16-14-22)21(4)27(33)29-18-20(2)3/h7-8,10-11,13-16,20-21H,6,9,12,17-19H2,1-5H3,(H,29,33). The molecule has 1 unspecified atom stereocenters. The second kappa shape index (κ2) is 14.0. The van der Waals surface area contributed by atoms with E-state index in [1.165, 1.54) is 21.3 Å². The third-order valence-electron chi connectivity index (χ3n) is 5.70. The van der Waals surface area contributed by atoms with E-state index in [4.69, 9.17) is 4.74 Å². The minimum Gasteiger partial charge on any atom is -0.492 e. The molecule has 2 rings (SSSR count). The maximum atomic E-state index is 13.4. The summed E-state index contributed by atoms with van der Waals surface area (Å²) in [6.07, 6.45) is 1.36. The van der Waals surface area contributed by atoms with Crippen molar-refractivity contribution < 1.29 is 27.1 Å². The third-order valence-corrected chi connectivity index (χ3v) is 6.88. The van der Waals surface area contributed by atoms with Crippen LogP contribution in [0.4, 0.5) is 10.1 Å². The number of hydrogen-bond acceptors (Lipinski definition) is 5. The van der Waals surface area contributed by atoms with Gasteiger partial charge in [0.15, 0.2) is 0 Å². The predicted molar refractivity (Wildman–Crippen MR) is 143 cm³/mol. The number of nitrogens with zero attached hydrogens (tertiary/aromatic N) is 2. The molecule has 1 atom stereocenters. The van der Waals surface area contributed by atoms with Gasteiger partial charge in [0, 0.05) is 26.1 Å². The summed E-state index contributed by atoms with van der Waals surface area (Å²) >= 11 is 0. The quantitative estimate of drug-likeness (QED) is 0.395. The summed E-state index contributed by atoms with van der Waals surface area (Å²) in [5, 5.41) is 2.85. The summed E-state index contributed by atoms with van der Waals surface area (Å²) in [6.45, 7) is 8.46. The van der Waals surface area contributed by atoms with Gasteiger partial charge < -0.3 is 15.0 Å². The first kappa shape index (κ1) is 30.1. The highest BCUT2D eigenvalue weighted by molar-refractivity contribution is 7.92. The minimum absolute atomic E-state index is 0.0197. The van der Waals surface area contributed by atoms with Gasteiger partial charge >= 0.3 is 0 Å². The largest absolute Gasteiger partial charge is 0.492 e. The normalized spacial score (nSPS) is 12.2. The lowest BCUT2D eigenvalue weighted by Crippen LogP contribution is -2.48. The number of sulfonamides is 1. The van der Waals surface area contributed by atoms with E-state index in [1.54, 1.807) is 43.3 Å². The molecule has 204 valence electrons. The van der Waals surface area contributed by atoms with Crippen LogP contribution >= 0.6 is 0 Å². The Labute approximate surface area is 219 Å². The average molecular weight is 536 g/mol. The van der Waals surface area contributed by atoms with Crippen molar-refractivity contribution in [3.63, 3.8) is 0 Å². The second-order valence-electron chi connectivity index (χ2n) is 9.30. The zero-order valence-electron chi connectivity index (χ0n) is 22.2. The first-order chi connectivity index (χ1) is 17.4. The molecule has 10 heteroatoms. The lowest BCUT2D eigenvalue weighted by atomic mass is 10.1. The number of para-hydroxylation sites is 2. The molecular formula is C27H38FN3O5S. The Morgan fingerprint density at radius 1 is 1.05 bits per heavy atom. The van der Waals surface area contributed by atoms with Crippen LogP contribution in [0.1, 0.15) is 46.1 Å². The van der Waals surface area contributed by atoms with Crippen LogP contribution in [0, 0.1) is 11.7 Å². The molecule has 2 aromatic rings. The van der Waals surface area contributed by atoms with Crippen LogP contribution < -0.4 is 14.4 Å². The summed E-state index contributed by atoms with van der Waals surface area (Å²) in [6, 6.07) is 11.8. The van der Waals surface area contributed by atoms with Crippen molar-refractivity contribution >= 4 is 27.5 Å². The van der Waals surface area contributed by atoms with Crippen molar-refractivity contribution in [2.24, 2.45) is 5.92 Å². The molecule has 0 aliphatic carbocycles. The first-order valence-corrected chi connectivity index (χ1v) is 14.3. The number of hydrogen-bond donors (Lipinski definition) is 1. The van der Waals surface area contributed by atoms with E-state index >= 15 is 0 Å². The van der Waals surface area contributed by atoms with E-state index in [2.05, 4.69) is 5.32 Å². The molecular weight excluding hydrogens is 497 g/mol. The topological polar surface area (TPSA) is 96.0 Å². The number of carbonyl (C=O) groups is 2. The van der Waals surface area contributed by atoms with Gasteiger partial charge in [0.05, 0.1) is 18.6 Å². The number of ether oxygens (including phenoxy) is 1. The van der Waals surface area contributed by atoms with Gasteiger partial charge in [-0.1, -0.05) is 38.1 Å². The van der Waals surface area contributed by atoms with Gasteiger partial charge in [0.1, 0.15) is 17.6 Å². The van der Waals surface area contributed by atoms with Gasteiger partial charge in [0.2, 0.25) is 21.8 Å². The van der Waals surface area contributed by atoms with Gasteiger partial charge in [-0.15, -0.1) is 0 Å². The molecule has 0 radical (unpaired) electrons. The smallest absolute Gasteiger partial charge is 0.242 e. The lowest BCUT2D eigenvalue weighted by molar-refractivity contribution is -0.140. The van der Waals surface area contributed by atoms with Gasteiger partial charge in [-0.05, 0) is 56.0 Å². The zero-order valence-corrected chi connectivity index (χ0v) is 23.1. The number of amides is 2. The maximum Gasteiger partial charge on any atom is 0.242 e. The molecule has 2 amide bonds. The number of halogens is 1. The highest BCUT2D eigenvalue weighted by atomic mass is 32.2. The van der Waals surface area contributed by atoms with Crippen molar-refractivity contribution in [1.82, 2.24) is 10.2 Å². The highest BCUT2D eigenvalue weighted by Crippen LogP contribution is 2.30. The molecule has 37 heavy (non-hydrogen) atoms. The minimum atomic E-state index is -3.65. The highest BCUT2D eigenvalue weighted by Gasteiger charge is 2.27. The van der Waals surface area contributed by atoms with Crippen LogP contribution in [0.3, 0.4) is 0 Å². The van der Waals surface area contributed by atoms with E-state index in [0.29, 0.717) is 30.2 Å². The van der Waals surface area contributed by atoms with Crippen LogP contribution in [0.5, 0.6) is 5.75 Å². The first-order valence-electron chi connectivity index (χ1n) is 12.4. The van der Waals surface area contributed by atoms with Crippen molar-refractivity contribution in [2.75, 3.05) is 30.3 Å². The summed E-state index contributed by atoms with van der Waals surface area (Å²) in [7, 11) is -3.65. The van der Waals surface area contributed by atoms with Crippen LogP contribution in [-0.2, 0) is 26.2 Å². The van der Waals surface area contributed by atoms with Gasteiger partial charge in [0.25, 0.3) is 0 Å². The zero-order chi connectivity index (χ0) is 27.6. The van der Waals surface area contributed by atoms with Crippen molar-refractivity contribution in [3.8, 4) is 5.75 Å². The molecule has 2 aromatic carbocycles. The Morgan fingerprint density at radius 3 is 2.30 bits per heavy atom. The van der Waals surface area contributed by atoms with Gasteiger partial charge in [-0.2, -0.15) is 0 Å². The molecule has 0 bridgehead atoms. The molecule has 0 aliphatic heterocycles. The molecule has 8 nitrogen and oxygen atoms in total. The SMILES string of the molecule is CCOc1ccccc1N(CCCC(=O)N(Cc1ccc(F)cc1)C(C)C(=O)NCC(C)C)S(C)(=O)=O. The van der Waals surface area contributed by atoms with Gasteiger partial charge in [-0.25, -0.2) is 12.8 Å². The monoisotopic (exact) mass is 535 g/mol. The molecule has 1 N–H and O–H groups in total. The second-order valence-corrected chi connectivity index (χ2v) is 11.2. The summed E-state index contributed by atoms with van der Waals surface area (Å²) in [5.41, 5.74) is 1.09. The Kier molecular flexibility index (Phi) is 11.4. The Hall–Kier alpha value is -3.14. The van der Waals surface area contributed by atoms with E-state index in [9.17, 15) is 22.4 Å². The van der Waals surface area contributed by atoms with Crippen molar-refractivity contribution in [3.05, 3.63) is 59.9 Å². The lowest BCUT2D eigenvalue weighted by Gasteiger charge is -2.30. The number of carbonyl (C=O) groups excluding carboxylic acids is 2. The van der Waals surface area contributed by atoms with Crippen LogP contribution in [0.15, 0.2) is 48.5 Å². The predicted octanol–water partition coefficient (Wildman–Crippen LogP) is 3.96. The molecule has 0 fully saturated rings. The van der Waals surface area contributed by atoms with E-state index in [1.807, 2.05) is 20.8 Å². The molecule has 0 aromatic heterocycles. The number of rotatable bonds is 14. The molecule has 0 heterocycles. The third kappa shape index (κ3) is 9.35. The van der Waals surface area contributed by atoms with Crippen molar-refractivity contribution in [2.45, 2.75) is 53.1 Å². The number of benzene rings is 2. The number of anilines is 1. The summed E-state index contributed by atoms with van der Waals surface area (Å²) < 4.78 is 45.4. The van der Waals surface area contributed by atoms with E-state index < -0.39 is 21.9 Å². The maximum absolute atomic E-state index is 13.4. The average Bonchev–Trinajstić information content (AvgIpc) is 2.84. The Balaban J connectivity index is 2.19. The fourth-order valence-corrected chi connectivity index (χ4v) is 4.71. The molecule has 0 spiro atoms. The molecule has 0 saturated carbocycles. The fourth-order valence-electron chi connectivity index (χ4n) is 3.74. The Bertz CT molecular complexity index is 1140. The summed E-state index contributed by atoms with van der Waals surface area (Å²) in [4.78, 5) is 27.5. The summed E-state index contributed by atoms with van der Waals surface area (Å²) in [5.74, 6) is -0.290. The molecule has 0 saturated heterocycles. The fraction of sp³-hybridized carbons (Fsp3) is 0.481. The number of nitrogens with one attached hydrogen (secondary N) is 1. The van der Waals surface area contributed by atoms with Crippen LogP contribution in [-0.4, -0.2) is 57.1 Å². The van der Waals surface area contributed by atoms with E-state index in [0.717, 1.165) is 6.26 Å². The Morgan fingerprint density at radius 2 is 1.70 bits per heavy atom.